The minimum atomic E-state index is -4.60. The lowest BCUT2D eigenvalue weighted by atomic mass is 10.0. The number of aromatic amines is 1. The first kappa shape index (κ1) is 24.3. The molecule has 0 saturated carbocycles. The largest absolute Gasteiger partial charge is 0.478 e. The molecule has 1 aromatic heterocycles. The second kappa shape index (κ2) is 8.42. The van der Waals surface area contributed by atoms with Gasteiger partial charge in [0.1, 0.15) is 0 Å². The Morgan fingerprint density at radius 3 is 2.46 bits per heavy atom. The lowest BCUT2D eigenvalue weighted by Crippen LogP contribution is -2.08. The number of carbonyl (C=O) groups is 2. The summed E-state index contributed by atoms with van der Waals surface area (Å²) in [5.41, 5.74) is 1.07. The predicted octanol–water partition coefficient (Wildman–Crippen LogP) is 4.82. The number of H-pyrrole nitrogens is 1. The van der Waals surface area contributed by atoms with Crippen LogP contribution in [0, 0.1) is 13.8 Å². The van der Waals surface area contributed by atoms with Crippen molar-refractivity contribution in [1.82, 2.24) is 4.98 Å². The molecule has 1 amide bonds. The molecule has 0 radical (unpaired) electrons. The van der Waals surface area contributed by atoms with Crippen LogP contribution in [-0.4, -0.2) is 30.4 Å². The number of benzene rings is 2. The van der Waals surface area contributed by atoms with Crippen molar-refractivity contribution in [1.29, 1.82) is 0 Å². The molecule has 2 aromatic carbocycles. The molecule has 0 atom stereocenters. The van der Waals surface area contributed by atoms with Crippen LogP contribution in [-0.2, 0) is 26.6 Å². The number of amides is 1. The van der Waals surface area contributed by atoms with Crippen LogP contribution < -0.4 is 5.32 Å². The van der Waals surface area contributed by atoms with Gasteiger partial charge in [0.25, 0.3) is 5.91 Å². The van der Waals surface area contributed by atoms with Crippen LogP contribution in [0.5, 0.6) is 0 Å². The number of nitrogens with one attached hydrogen (secondary N) is 2. The molecule has 11 heteroatoms. The maximum absolute atomic E-state index is 13.0. The highest BCUT2D eigenvalue weighted by Gasteiger charge is 2.31. The molecule has 0 saturated heterocycles. The van der Waals surface area contributed by atoms with Gasteiger partial charge in [-0.3, -0.25) is 4.79 Å². The summed E-state index contributed by atoms with van der Waals surface area (Å²) in [6.45, 7) is 3.17. The average molecular weight is 504 g/mol. The molecule has 182 valence electrons. The topological polar surface area (TPSA) is 116 Å². The van der Waals surface area contributed by atoms with Crippen LogP contribution in [0.1, 0.15) is 44.0 Å². The van der Waals surface area contributed by atoms with Crippen molar-refractivity contribution in [3.05, 3.63) is 81.7 Å². The average Bonchev–Trinajstić information content (AvgIpc) is 3.22. The summed E-state index contributed by atoms with van der Waals surface area (Å²) in [7, 11) is -4.05. The summed E-state index contributed by atoms with van der Waals surface area (Å²) in [4.78, 5) is 26.8. The van der Waals surface area contributed by atoms with Crippen molar-refractivity contribution >= 4 is 39.1 Å². The van der Waals surface area contributed by atoms with Gasteiger partial charge in [0.05, 0.1) is 27.3 Å². The van der Waals surface area contributed by atoms with Crippen molar-refractivity contribution in [2.75, 3.05) is 5.32 Å². The van der Waals surface area contributed by atoms with E-state index in [-0.39, 0.29) is 27.2 Å². The number of alkyl halides is 3. The van der Waals surface area contributed by atoms with Gasteiger partial charge in [-0.25, -0.2) is 13.2 Å². The molecular formula is C24H19F3N2O5S. The number of sulfone groups is 1. The van der Waals surface area contributed by atoms with Gasteiger partial charge in [0.15, 0.2) is 9.84 Å². The van der Waals surface area contributed by atoms with E-state index in [1.165, 1.54) is 30.3 Å². The number of rotatable bonds is 5. The zero-order valence-corrected chi connectivity index (χ0v) is 19.3. The minimum absolute atomic E-state index is 0.0241. The van der Waals surface area contributed by atoms with Crippen molar-refractivity contribution in [3.63, 3.8) is 0 Å². The van der Waals surface area contributed by atoms with Crippen LogP contribution in [0.4, 0.5) is 18.9 Å². The van der Waals surface area contributed by atoms with Crippen LogP contribution in [0.25, 0.3) is 11.6 Å². The Kier molecular flexibility index (Phi) is 5.84. The monoisotopic (exact) mass is 504 g/mol. The first-order valence-corrected chi connectivity index (χ1v) is 11.9. The van der Waals surface area contributed by atoms with Crippen LogP contribution in [0.15, 0.2) is 47.4 Å². The first-order chi connectivity index (χ1) is 16.3. The van der Waals surface area contributed by atoms with E-state index < -0.39 is 39.2 Å². The summed E-state index contributed by atoms with van der Waals surface area (Å²) >= 11 is 0. The zero-order chi connectivity index (χ0) is 25.7. The third kappa shape index (κ3) is 4.59. The van der Waals surface area contributed by atoms with Crippen LogP contribution in [0.3, 0.4) is 0 Å². The molecule has 0 fully saturated rings. The first-order valence-electron chi connectivity index (χ1n) is 10.3. The molecule has 0 bridgehead atoms. The third-order valence-corrected chi connectivity index (χ3v) is 7.41. The third-order valence-electron chi connectivity index (χ3n) is 5.72. The number of carboxylic acid groups (broad SMARTS) is 1. The Morgan fingerprint density at radius 2 is 1.83 bits per heavy atom. The molecule has 35 heavy (non-hydrogen) atoms. The fourth-order valence-electron chi connectivity index (χ4n) is 4.03. The van der Waals surface area contributed by atoms with Crippen molar-refractivity contribution in [2.24, 2.45) is 0 Å². The van der Waals surface area contributed by atoms with Gasteiger partial charge in [0.2, 0.25) is 0 Å². The normalized spacial score (nSPS) is 14.8. The number of aryl methyl sites for hydroxylation is 1. The van der Waals surface area contributed by atoms with Gasteiger partial charge in [-0.05, 0) is 55.3 Å². The Hall–Kier alpha value is -3.86. The van der Waals surface area contributed by atoms with Gasteiger partial charge in [0, 0.05) is 22.6 Å². The fraction of sp³-hybridized carbons (Fsp3) is 0.167. The number of aromatic carboxylic acids is 1. The number of hydrogen-bond acceptors (Lipinski definition) is 4. The van der Waals surface area contributed by atoms with Crippen LogP contribution >= 0.6 is 0 Å². The number of fused-ring (bicyclic) bond motifs is 1. The zero-order valence-electron chi connectivity index (χ0n) is 18.4. The molecule has 2 heterocycles. The van der Waals surface area contributed by atoms with Crippen LogP contribution in [0.2, 0.25) is 0 Å². The van der Waals surface area contributed by atoms with E-state index >= 15 is 0 Å². The predicted molar refractivity (Wildman–Crippen MR) is 123 cm³/mol. The molecule has 7 nitrogen and oxygen atoms in total. The number of aromatic nitrogens is 1. The maximum Gasteiger partial charge on any atom is 0.416 e. The Morgan fingerprint density at radius 1 is 1.11 bits per heavy atom. The van der Waals surface area contributed by atoms with Gasteiger partial charge in [-0.2, -0.15) is 13.2 Å². The van der Waals surface area contributed by atoms with E-state index in [0.29, 0.717) is 22.6 Å². The molecule has 0 spiro atoms. The highest BCUT2D eigenvalue weighted by Crippen LogP contribution is 2.36. The van der Waals surface area contributed by atoms with E-state index in [1.807, 2.05) is 0 Å². The number of carbonyl (C=O) groups excluding carboxylic acids is 1. The summed E-state index contributed by atoms with van der Waals surface area (Å²) in [6, 6.07) is 8.06. The number of halogens is 3. The van der Waals surface area contributed by atoms with E-state index in [2.05, 4.69) is 10.3 Å². The number of hydrogen-bond donors (Lipinski definition) is 3. The minimum Gasteiger partial charge on any atom is -0.478 e. The highest BCUT2D eigenvalue weighted by molar-refractivity contribution is 7.90. The number of carboxylic acids is 1. The van der Waals surface area contributed by atoms with E-state index in [9.17, 15) is 36.3 Å². The standard InChI is InChI=1S/C24H19F3N2O5S/c1-12-20(28-13(2)21(12)23(31)32)10-18-17-9-16(6-7-19(17)29-22(18)30)35(33,34)11-14-4-3-5-15(8-14)24(25,26)27/h3-10,28H,11H2,1-2H3,(H,29,30)(H,31,32)/b18-10-. The second-order valence-corrected chi connectivity index (χ2v) is 10.1. The summed E-state index contributed by atoms with van der Waals surface area (Å²) in [5.74, 6) is -2.29. The molecule has 1 aliphatic rings. The molecule has 3 N–H and O–H groups in total. The Bertz CT molecular complexity index is 1520. The summed E-state index contributed by atoms with van der Waals surface area (Å²) in [6.07, 6.45) is -3.16. The van der Waals surface area contributed by atoms with E-state index in [1.54, 1.807) is 13.8 Å². The molecule has 0 aliphatic carbocycles. The molecule has 0 unspecified atom stereocenters. The van der Waals surface area contributed by atoms with Crippen molar-refractivity contribution < 1.29 is 36.3 Å². The van der Waals surface area contributed by atoms with Gasteiger partial charge in [-0.15, -0.1) is 0 Å². The molecular weight excluding hydrogens is 485 g/mol. The van der Waals surface area contributed by atoms with Crippen molar-refractivity contribution in [3.8, 4) is 0 Å². The maximum atomic E-state index is 13.0. The van der Waals surface area contributed by atoms with E-state index in [0.717, 1.165) is 18.2 Å². The highest BCUT2D eigenvalue weighted by atomic mass is 32.2. The summed E-state index contributed by atoms with van der Waals surface area (Å²) in [5, 5.41) is 12.0. The lowest BCUT2D eigenvalue weighted by Gasteiger charge is -2.10. The smallest absolute Gasteiger partial charge is 0.416 e. The lowest BCUT2D eigenvalue weighted by molar-refractivity contribution is -0.137. The van der Waals surface area contributed by atoms with Crippen molar-refractivity contribution in [2.45, 2.75) is 30.7 Å². The Balaban J connectivity index is 1.72. The van der Waals surface area contributed by atoms with E-state index in [4.69, 9.17) is 0 Å². The Labute approximate surface area is 198 Å². The quantitative estimate of drug-likeness (QED) is 0.431. The molecule has 4 rings (SSSR count). The van der Waals surface area contributed by atoms with Gasteiger partial charge < -0.3 is 15.4 Å². The van der Waals surface area contributed by atoms with Gasteiger partial charge in [-0.1, -0.05) is 18.2 Å². The second-order valence-electron chi connectivity index (χ2n) is 8.15. The van der Waals surface area contributed by atoms with Gasteiger partial charge >= 0.3 is 12.1 Å². The molecule has 1 aliphatic heterocycles. The summed E-state index contributed by atoms with van der Waals surface area (Å²) < 4.78 is 65.0. The SMILES string of the molecule is Cc1[nH]c(/C=C2\C(=O)Nc3ccc(S(=O)(=O)Cc4cccc(C(F)(F)F)c4)cc32)c(C)c1C(=O)O. The molecule has 3 aromatic rings. The fourth-order valence-corrected chi connectivity index (χ4v) is 5.39. The number of anilines is 1.